The van der Waals surface area contributed by atoms with Crippen molar-refractivity contribution >= 4 is 0 Å². The van der Waals surface area contributed by atoms with Crippen molar-refractivity contribution in [3.05, 3.63) is 54.1 Å². The molecule has 0 aliphatic carbocycles. The molecule has 0 saturated carbocycles. The lowest BCUT2D eigenvalue weighted by atomic mass is 10.2. The van der Waals surface area contributed by atoms with Gasteiger partial charge in [0, 0.05) is 6.42 Å². The second kappa shape index (κ2) is 5.85. The Kier molecular flexibility index (Phi) is 4.19. The minimum atomic E-state index is 0.531. The van der Waals surface area contributed by atoms with Gasteiger partial charge in [0.2, 0.25) is 0 Å². The maximum Gasteiger partial charge on any atom is 0.256 e. The van der Waals surface area contributed by atoms with Gasteiger partial charge in [0.05, 0.1) is 6.04 Å². The van der Waals surface area contributed by atoms with Gasteiger partial charge in [-0.2, -0.15) is 0 Å². The highest BCUT2D eigenvalue weighted by Gasteiger charge is 2.18. The fourth-order valence-electron chi connectivity index (χ4n) is 2.36. The van der Waals surface area contributed by atoms with Crippen LogP contribution in [0.1, 0.15) is 44.6 Å². The van der Waals surface area contributed by atoms with Gasteiger partial charge in [0.15, 0.2) is 0 Å². The zero-order chi connectivity index (χ0) is 13.0. The van der Waals surface area contributed by atoms with Gasteiger partial charge < -0.3 is 0 Å². The fourth-order valence-corrected chi connectivity index (χ4v) is 2.36. The zero-order valence-corrected chi connectivity index (χ0v) is 11.6. The number of hydrogen-bond acceptors (Lipinski definition) is 0. The van der Waals surface area contributed by atoms with Crippen molar-refractivity contribution in [2.45, 2.75) is 46.2 Å². The third kappa shape index (κ3) is 2.81. The molecule has 0 bridgehead atoms. The summed E-state index contributed by atoms with van der Waals surface area (Å²) in [7, 11) is 0. The van der Waals surface area contributed by atoms with E-state index in [4.69, 9.17) is 0 Å². The molecule has 0 radical (unpaired) electrons. The fraction of sp³-hybridized carbons (Fsp3) is 0.438. The SMILES string of the molecule is CCCc1n(C(C)C)cc[n+]1Cc1ccccc1. The molecule has 1 aromatic carbocycles. The third-order valence-electron chi connectivity index (χ3n) is 3.26. The van der Waals surface area contributed by atoms with Gasteiger partial charge in [-0.05, 0) is 25.8 Å². The Bertz CT molecular complexity index is 483. The zero-order valence-electron chi connectivity index (χ0n) is 11.6. The van der Waals surface area contributed by atoms with Crippen molar-refractivity contribution in [2.75, 3.05) is 0 Å². The van der Waals surface area contributed by atoms with Crippen LogP contribution >= 0.6 is 0 Å². The summed E-state index contributed by atoms with van der Waals surface area (Å²) in [5.74, 6) is 1.43. The number of nitrogens with zero attached hydrogens (tertiary/aromatic N) is 2. The second-order valence-corrected chi connectivity index (χ2v) is 5.08. The Morgan fingerprint density at radius 3 is 2.50 bits per heavy atom. The molecule has 2 aromatic rings. The minimum Gasteiger partial charge on any atom is -0.232 e. The minimum absolute atomic E-state index is 0.531. The summed E-state index contributed by atoms with van der Waals surface area (Å²) in [5.41, 5.74) is 1.36. The number of hydrogen-bond donors (Lipinski definition) is 0. The molecule has 2 rings (SSSR count). The van der Waals surface area contributed by atoms with E-state index in [1.165, 1.54) is 17.8 Å². The van der Waals surface area contributed by atoms with Crippen molar-refractivity contribution in [3.8, 4) is 0 Å². The van der Waals surface area contributed by atoms with Crippen LogP contribution in [0, 0.1) is 0 Å². The number of benzene rings is 1. The first-order valence-electron chi connectivity index (χ1n) is 6.85. The molecule has 18 heavy (non-hydrogen) atoms. The molecule has 0 spiro atoms. The molecule has 1 heterocycles. The molecule has 0 saturated heterocycles. The third-order valence-corrected chi connectivity index (χ3v) is 3.26. The Hall–Kier alpha value is -1.57. The lowest BCUT2D eigenvalue weighted by Crippen LogP contribution is -2.38. The summed E-state index contributed by atoms with van der Waals surface area (Å²) < 4.78 is 4.76. The monoisotopic (exact) mass is 243 g/mol. The lowest BCUT2D eigenvalue weighted by Gasteiger charge is -2.07. The van der Waals surface area contributed by atoms with E-state index >= 15 is 0 Å². The van der Waals surface area contributed by atoms with Crippen LogP contribution in [0.3, 0.4) is 0 Å². The van der Waals surface area contributed by atoms with E-state index in [1.54, 1.807) is 0 Å². The topological polar surface area (TPSA) is 8.81 Å². The van der Waals surface area contributed by atoms with Gasteiger partial charge in [0.1, 0.15) is 18.9 Å². The maximum atomic E-state index is 2.38. The number of aromatic nitrogens is 2. The van der Waals surface area contributed by atoms with E-state index < -0.39 is 0 Å². The van der Waals surface area contributed by atoms with Crippen LogP contribution in [0.25, 0.3) is 0 Å². The predicted octanol–water partition coefficient (Wildman–Crippen LogP) is 3.36. The summed E-state index contributed by atoms with van der Waals surface area (Å²) in [5, 5.41) is 0. The Morgan fingerprint density at radius 1 is 1.17 bits per heavy atom. The van der Waals surface area contributed by atoms with Gasteiger partial charge >= 0.3 is 0 Å². The number of rotatable bonds is 5. The van der Waals surface area contributed by atoms with Crippen molar-refractivity contribution in [1.82, 2.24) is 4.57 Å². The van der Waals surface area contributed by atoms with Gasteiger partial charge in [-0.1, -0.05) is 37.3 Å². The molecule has 0 aliphatic heterocycles. The van der Waals surface area contributed by atoms with E-state index in [0.717, 1.165) is 13.0 Å². The van der Waals surface area contributed by atoms with Gasteiger partial charge in [0.25, 0.3) is 5.82 Å². The Balaban J connectivity index is 2.27. The van der Waals surface area contributed by atoms with Crippen LogP contribution < -0.4 is 4.57 Å². The van der Waals surface area contributed by atoms with Crippen LogP contribution in [0.4, 0.5) is 0 Å². The summed E-state index contributed by atoms with van der Waals surface area (Å²) in [4.78, 5) is 0. The lowest BCUT2D eigenvalue weighted by molar-refractivity contribution is -0.695. The molecule has 0 atom stereocenters. The Morgan fingerprint density at radius 2 is 1.89 bits per heavy atom. The molecule has 0 aliphatic rings. The van der Waals surface area contributed by atoms with Crippen LogP contribution in [0.2, 0.25) is 0 Å². The average molecular weight is 243 g/mol. The van der Waals surface area contributed by atoms with E-state index in [9.17, 15) is 0 Å². The molecule has 0 fully saturated rings. The molecule has 2 nitrogen and oxygen atoms in total. The quantitative estimate of drug-likeness (QED) is 0.712. The molecule has 96 valence electrons. The first-order chi connectivity index (χ1) is 8.72. The Labute approximate surface area is 110 Å². The maximum absolute atomic E-state index is 2.38. The first kappa shape index (κ1) is 12.9. The smallest absolute Gasteiger partial charge is 0.232 e. The molecule has 1 aromatic heterocycles. The van der Waals surface area contributed by atoms with Gasteiger partial charge in [-0.15, -0.1) is 0 Å². The van der Waals surface area contributed by atoms with Crippen molar-refractivity contribution < 1.29 is 4.57 Å². The summed E-state index contributed by atoms with van der Waals surface area (Å²) in [6.45, 7) is 7.69. The summed E-state index contributed by atoms with van der Waals surface area (Å²) in [6.07, 6.45) is 6.74. The van der Waals surface area contributed by atoms with Crippen LogP contribution in [0.5, 0.6) is 0 Å². The summed E-state index contributed by atoms with van der Waals surface area (Å²) >= 11 is 0. The van der Waals surface area contributed by atoms with Crippen molar-refractivity contribution in [2.24, 2.45) is 0 Å². The molecular weight excluding hydrogens is 220 g/mol. The molecular formula is C16H23N2+. The number of imidazole rings is 1. The van der Waals surface area contributed by atoms with Crippen LogP contribution in [-0.2, 0) is 13.0 Å². The van der Waals surface area contributed by atoms with Crippen molar-refractivity contribution in [3.63, 3.8) is 0 Å². The molecule has 0 amide bonds. The highest BCUT2D eigenvalue weighted by molar-refractivity contribution is 5.13. The van der Waals surface area contributed by atoms with E-state index in [-0.39, 0.29) is 0 Å². The standard InChI is InChI=1S/C16H23N2/c1-4-8-16-17(11-12-18(16)14(2)3)13-15-9-6-5-7-10-15/h5-7,9-12,14H,4,8,13H2,1-3H3/q+1. The second-order valence-electron chi connectivity index (χ2n) is 5.08. The highest BCUT2D eigenvalue weighted by atomic mass is 15.2. The first-order valence-corrected chi connectivity index (χ1v) is 6.85. The van der Waals surface area contributed by atoms with Crippen LogP contribution in [-0.4, -0.2) is 4.57 Å². The van der Waals surface area contributed by atoms with E-state index in [2.05, 4.69) is 72.6 Å². The van der Waals surface area contributed by atoms with E-state index in [0.29, 0.717) is 6.04 Å². The van der Waals surface area contributed by atoms with Crippen LogP contribution in [0.15, 0.2) is 42.7 Å². The highest BCUT2D eigenvalue weighted by Crippen LogP contribution is 2.09. The molecule has 0 N–H and O–H groups in total. The molecule has 0 unspecified atom stereocenters. The van der Waals surface area contributed by atoms with Crippen molar-refractivity contribution in [1.29, 1.82) is 0 Å². The average Bonchev–Trinajstić information content (AvgIpc) is 2.74. The van der Waals surface area contributed by atoms with Gasteiger partial charge in [-0.3, -0.25) is 0 Å². The predicted molar refractivity (Wildman–Crippen MR) is 74.6 cm³/mol. The normalized spacial score (nSPS) is 11.1. The van der Waals surface area contributed by atoms with E-state index in [1.807, 2.05) is 0 Å². The van der Waals surface area contributed by atoms with Gasteiger partial charge in [-0.25, -0.2) is 9.13 Å². The summed E-state index contributed by atoms with van der Waals surface area (Å²) in [6, 6.07) is 11.2. The largest absolute Gasteiger partial charge is 0.256 e. The molecule has 2 heteroatoms.